The maximum Gasteiger partial charge on any atom is 0.124 e. The van der Waals surface area contributed by atoms with Gasteiger partial charge >= 0.3 is 0 Å². The second-order valence-electron chi connectivity index (χ2n) is 3.44. The predicted octanol–water partition coefficient (Wildman–Crippen LogP) is 1.80. The topological polar surface area (TPSA) is 62.8 Å². The van der Waals surface area contributed by atoms with E-state index in [0.717, 1.165) is 17.0 Å². The maximum absolute atomic E-state index is 7.29. The number of aryl methyl sites for hydroxylation is 1. The summed E-state index contributed by atoms with van der Waals surface area (Å²) in [7, 11) is 0. The Kier molecular flexibility index (Phi) is 2.66. The van der Waals surface area contributed by atoms with E-state index in [9.17, 15) is 0 Å². The van der Waals surface area contributed by atoms with Crippen molar-refractivity contribution in [3.05, 3.63) is 29.1 Å². The number of nitrogens with two attached hydrogens (primary N) is 1. The molecule has 0 saturated carbocycles. The van der Waals surface area contributed by atoms with Gasteiger partial charge in [-0.25, -0.2) is 0 Å². The second-order valence-corrected chi connectivity index (χ2v) is 3.44. The van der Waals surface area contributed by atoms with Crippen molar-refractivity contribution in [2.75, 3.05) is 0 Å². The third-order valence-electron chi connectivity index (χ3n) is 1.99. The fraction of sp³-hybridized carbons (Fsp3) is 0.400. The van der Waals surface area contributed by atoms with Crippen molar-refractivity contribution in [2.45, 2.75) is 26.7 Å². The average molecular weight is 177 g/mol. The number of amidine groups is 1. The molecule has 0 spiro atoms. The van der Waals surface area contributed by atoms with Crippen LogP contribution in [0.2, 0.25) is 0 Å². The molecule has 1 rings (SSSR count). The van der Waals surface area contributed by atoms with Crippen molar-refractivity contribution in [1.29, 1.82) is 5.41 Å². The minimum absolute atomic E-state index is 0.0836. The quantitative estimate of drug-likeness (QED) is 0.534. The molecule has 0 bridgehead atoms. The van der Waals surface area contributed by atoms with E-state index in [-0.39, 0.29) is 5.84 Å². The fourth-order valence-electron chi connectivity index (χ4n) is 1.19. The van der Waals surface area contributed by atoms with E-state index in [4.69, 9.17) is 11.1 Å². The zero-order chi connectivity index (χ0) is 10.0. The first-order chi connectivity index (χ1) is 6.02. The number of nitrogens with zero attached hydrogens (tertiary/aromatic N) is 1. The van der Waals surface area contributed by atoms with Crippen molar-refractivity contribution >= 4 is 5.84 Å². The predicted molar refractivity (Wildman–Crippen MR) is 54.1 cm³/mol. The van der Waals surface area contributed by atoms with Crippen LogP contribution in [0.5, 0.6) is 0 Å². The van der Waals surface area contributed by atoms with E-state index in [2.05, 4.69) is 18.8 Å². The number of nitrogen functional groups attached to an aromatic ring is 1. The number of rotatable bonds is 2. The first-order valence-electron chi connectivity index (χ1n) is 4.34. The third-order valence-corrected chi connectivity index (χ3v) is 1.99. The van der Waals surface area contributed by atoms with Crippen molar-refractivity contribution in [3.8, 4) is 0 Å². The molecule has 3 heteroatoms. The number of aromatic nitrogens is 1. The Morgan fingerprint density at radius 1 is 1.46 bits per heavy atom. The molecule has 0 aliphatic heterocycles. The van der Waals surface area contributed by atoms with Gasteiger partial charge in [-0.1, -0.05) is 13.8 Å². The summed E-state index contributed by atoms with van der Waals surface area (Å²) >= 11 is 0. The highest BCUT2D eigenvalue weighted by Gasteiger charge is 2.06. The molecular formula is C10H15N3. The smallest absolute Gasteiger partial charge is 0.124 e. The highest BCUT2D eigenvalue weighted by Crippen LogP contribution is 2.13. The zero-order valence-electron chi connectivity index (χ0n) is 8.26. The lowest BCUT2D eigenvalue weighted by Crippen LogP contribution is -2.14. The van der Waals surface area contributed by atoms with Gasteiger partial charge in [0.1, 0.15) is 5.84 Å². The molecule has 0 fully saturated rings. The van der Waals surface area contributed by atoms with Crippen LogP contribution in [-0.2, 0) is 0 Å². The van der Waals surface area contributed by atoms with Gasteiger partial charge in [-0.3, -0.25) is 10.4 Å². The van der Waals surface area contributed by atoms with E-state index in [1.165, 1.54) is 0 Å². The highest BCUT2D eigenvalue weighted by molar-refractivity contribution is 5.95. The molecule has 1 aromatic rings. The van der Waals surface area contributed by atoms with Gasteiger partial charge in [-0.2, -0.15) is 0 Å². The van der Waals surface area contributed by atoms with E-state index < -0.39 is 0 Å². The average Bonchev–Trinajstić information content (AvgIpc) is 2.03. The molecule has 13 heavy (non-hydrogen) atoms. The molecular weight excluding hydrogens is 162 g/mol. The van der Waals surface area contributed by atoms with Crippen LogP contribution in [0.4, 0.5) is 0 Å². The Morgan fingerprint density at radius 3 is 2.46 bits per heavy atom. The minimum atomic E-state index is 0.0836. The van der Waals surface area contributed by atoms with E-state index in [1.54, 1.807) is 0 Å². The molecule has 0 radical (unpaired) electrons. The number of nitrogens with one attached hydrogen (secondary N) is 1. The summed E-state index contributed by atoms with van der Waals surface area (Å²) in [6.45, 7) is 6.06. The summed E-state index contributed by atoms with van der Waals surface area (Å²) < 4.78 is 0. The van der Waals surface area contributed by atoms with Gasteiger partial charge in [-0.15, -0.1) is 0 Å². The van der Waals surface area contributed by atoms with Gasteiger partial charge in [0.15, 0.2) is 0 Å². The summed E-state index contributed by atoms with van der Waals surface area (Å²) in [4.78, 5) is 4.37. The van der Waals surface area contributed by atoms with Crippen LogP contribution in [0.3, 0.4) is 0 Å². The molecule has 1 heterocycles. The number of hydrogen-bond donors (Lipinski definition) is 2. The highest BCUT2D eigenvalue weighted by atomic mass is 14.8. The second kappa shape index (κ2) is 3.56. The fourth-order valence-corrected chi connectivity index (χ4v) is 1.19. The third kappa shape index (κ3) is 2.05. The molecule has 0 aliphatic rings. The lowest BCUT2D eigenvalue weighted by Gasteiger charge is -2.08. The summed E-state index contributed by atoms with van der Waals surface area (Å²) in [5.74, 6) is 0.500. The van der Waals surface area contributed by atoms with Crippen molar-refractivity contribution in [2.24, 2.45) is 5.73 Å². The first kappa shape index (κ1) is 9.71. The summed E-state index contributed by atoms with van der Waals surface area (Å²) in [5, 5.41) is 7.29. The molecule has 0 unspecified atom stereocenters. The van der Waals surface area contributed by atoms with Gasteiger partial charge in [0.25, 0.3) is 0 Å². The maximum atomic E-state index is 7.29. The number of pyridine rings is 1. The van der Waals surface area contributed by atoms with Crippen LogP contribution in [0.25, 0.3) is 0 Å². The SMILES string of the molecule is Cc1nc(C(C)C)ccc1C(=N)N. The Morgan fingerprint density at radius 2 is 2.08 bits per heavy atom. The molecule has 0 amide bonds. The van der Waals surface area contributed by atoms with Gasteiger partial charge in [0.2, 0.25) is 0 Å². The first-order valence-corrected chi connectivity index (χ1v) is 4.34. The molecule has 0 saturated heterocycles. The van der Waals surface area contributed by atoms with Gasteiger partial charge in [-0.05, 0) is 25.0 Å². The van der Waals surface area contributed by atoms with E-state index >= 15 is 0 Å². The molecule has 0 aliphatic carbocycles. The Hall–Kier alpha value is -1.38. The van der Waals surface area contributed by atoms with E-state index in [0.29, 0.717) is 5.92 Å². The lowest BCUT2D eigenvalue weighted by molar-refractivity contribution is 0.814. The summed E-state index contributed by atoms with van der Waals surface area (Å²) in [5.41, 5.74) is 7.99. The molecule has 70 valence electrons. The molecule has 3 nitrogen and oxygen atoms in total. The van der Waals surface area contributed by atoms with Gasteiger partial charge in [0.05, 0.1) is 0 Å². The Balaban J connectivity index is 3.13. The Labute approximate surface area is 78.5 Å². The van der Waals surface area contributed by atoms with Crippen LogP contribution in [0.1, 0.15) is 36.7 Å². The largest absolute Gasteiger partial charge is 0.384 e. The molecule has 0 aromatic carbocycles. The van der Waals surface area contributed by atoms with Crippen LogP contribution < -0.4 is 5.73 Å². The zero-order valence-corrected chi connectivity index (χ0v) is 8.26. The summed E-state index contributed by atoms with van der Waals surface area (Å²) in [6, 6.07) is 3.79. The van der Waals surface area contributed by atoms with Gasteiger partial charge < -0.3 is 5.73 Å². The van der Waals surface area contributed by atoms with Crippen molar-refractivity contribution in [1.82, 2.24) is 4.98 Å². The minimum Gasteiger partial charge on any atom is -0.384 e. The lowest BCUT2D eigenvalue weighted by atomic mass is 10.1. The monoisotopic (exact) mass is 177 g/mol. The van der Waals surface area contributed by atoms with Gasteiger partial charge in [0, 0.05) is 17.0 Å². The summed E-state index contributed by atoms with van der Waals surface area (Å²) in [6.07, 6.45) is 0. The van der Waals surface area contributed by atoms with E-state index in [1.807, 2.05) is 19.1 Å². The van der Waals surface area contributed by atoms with Crippen LogP contribution in [0, 0.1) is 12.3 Å². The van der Waals surface area contributed by atoms with Crippen LogP contribution >= 0.6 is 0 Å². The van der Waals surface area contributed by atoms with Crippen LogP contribution in [-0.4, -0.2) is 10.8 Å². The molecule has 3 N–H and O–H groups in total. The standard InChI is InChI=1S/C10H15N3/c1-6(2)9-5-4-8(10(11)12)7(3)13-9/h4-6H,1-3H3,(H3,11,12). The molecule has 1 aromatic heterocycles. The number of hydrogen-bond acceptors (Lipinski definition) is 2. The van der Waals surface area contributed by atoms with Crippen molar-refractivity contribution in [3.63, 3.8) is 0 Å². The van der Waals surface area contributed by atoms with Crippen molar-refractivity contribution < 1.29 is 0 Å². The van der Waals surface area contributed by atoms with Crippen LogP contribution in [0.15, 0.2) is 12.1 Å². The Bertz CT molecular complexity index is 329. The normalized spacial score (nSPS) is 10.5. The molecule has 0 atom stereocenters.